The lowest BCUT2D eigenvalue weighted by Gasteiger charge is -1.98. The molecule has 7 heteroatoms. The van der Waals surface area contributed by atoms with E-state index in [2.05, 4.69) is 4.98 Å². The van der Waals surface area contributed by atoms with E-state index < -0.39 is 15.9 Å². The van der Waals surface area contributed by atoms with E-state index in [-0.39, 0.29) is 4.88 Å². The summed E-state index contributed by atoms with van der Waals surface area (Å²) >= 11 is 1.19. The number of sulfonamides is 1. The molecule has 0 unspecified atom stereocenters. The van der Waals surface area contributed by atoms with E-state index in [1.807, 2.05) is 35.1 Å². The van der Waals surface area contributed by atoms with Crippen molar-refractivity contribution < 1.29 is 13.2 Å². The van der Waals surface area contributed by atoms with Gasteiger partial charge in [-0.05, 0) is 5.56 Å². The summed E-state index contributed by atoms with van der Waals surface area (Å²) in [5, 5.41) is 0.768. The number of rotatable bonds is 4. The molecule has 1 aromatic carbocycles. The largest absolute Gasteiger partial charge is 0.276 e. The quantitative estimate of drug-likeness (QED) is 0.926. The van der Waals surface area contributed by atoms with Crippen molar-refractivity contribution in [1.82, 2.24) is 9.71 Å². The van der Waals surface area contributed by atoms with Crippen LogP contribution in [-0.2, 0) is 16.4 Å². The van der Waals surface area contributed by atoms with Crippen molar-refractivity contribution in [2.45, 2.75) is 6.42 Å². The van der Waals surface area contributed by atoms with Crippen LogP contribution in [0.15, 0.2) is 36.5 Å². The number of nitrogens with one attached hydrogen (secondary N) is 1. The molecule has 0 spiro atoms. The van der Waals surface area contributed by atoms with Crippen LogP contribution in [0.2, 0.25) is 0 Å². The summed E-state index contributed by atoms with van der Waals surface area (Å²) in [4.78, 5) is 16.0. The first-order chi connectivity index (χ1) is 8.94. The summed E-state index contributed by atoms with van der Waals surface area (Å²) in [7, 11) is -3.54. The van der Waals surface area contributed by atoms with E-state index >= 15 is 0 Å². The Labute approximate surface area is 115 Å². The highest BCUT2D eigenvalue weighted by molar-refractivity contribution is 7.89. The number of benzene rings is 1. The van der Waals surface area contributed by atoms with Gasteiger partial charge in [-0.2, -0.15) is 0 Å². The molecule has 0 aliphatic rings. The van der Waals surface area contributed by atoms with Crippen LogP contribution in [-0.4, -0.2) is 25.6 Å². The molecule has 2 aromatic rings. The highest BCUT2D eigenvalue weighted by Gasteiger charge is 2.14. The lowest BCUT2D eigenvalue weighted by molar-refractivity contribution is 0.0985. The number of carbonyl (C=O) groups excluding carboxylic acids is 1. The van der Waals surface area contributed by atoms with Crippen LogP contribution in [0, 0.1) is 0 Å². The Hall–Kier alpha value is -1.73. The molecule has 0 bridgehead atoms. The second-order valence-corrected chi connectivity index (χ2v) is 6.85. The molecular formula is C12H12N2O3S2. The van der Waals surface area contributed by atoms with Gasteiger partial charge in [0.2, 0.25) is 10.0 Å². The molecule has 0 saturated heterocycles. The van der Waals surface area contributed by atoms with E-state index in [4.69, 9.17) is 0 Å². The normalized spacial score (nSPS) is 11.2. The van der Waals surface area contributed by atoms with Crippen LogP contribution >= 0.6 is 11.3 Å². The van der Waals surface area contributed by atoms with E-state index in [1.165, 1.54) is 17.5 Å². The van der Waals surface area contributed by atoms with Crippen LogP contribution in [0.1, 0.15) is 20.2 Å². The Morgan fingerprint density at radius 1 is 1.32 bits per heavy atom. The molecule has 0 aliphatic heterocycles. The SMILES string of the molecule is CS(=O)(=O)NC(=O)c1cnc(Cc2ccccc2)s1. The fourth-order valence-electron chi connectivity index (χ4n) is 1.49. The zero-order valence-electron chi connectivity index (χ0n) is 10.2. The molecule has 2 rings (SSSR count). The fraction of sp³-hybridized carbons (Fsp3) is 0.167. The van der Waals surface area contributed by atoms with Crippen LogP contribution in [0.3, 0.4) is 0 Å². The molecule has 1 aromatic heterocycles. The van der Waals surface area contributed by atoms with Gasteiger partial charge in [0.15, 0.2) is 0 Å². The number of nitrogens with zero attached hydrogens (tertiary/aromatic N) is 1. The maximum atomic E-state index is 11.6. The molecular weight excluding hydrogens is 284 g/mol. The minimum atomic E-state index is -3.54. The van der Waals surface area contributed by atoms with Gasteiger partial charge in [-0.3, -0.25) is 4.79 Å². The van der Waals surface area contributed by atoms with Crippen molar-refractivity contribution in [3.8, 4) is 0 Å². The Balaban J connectivity index is 2.09. The third-order valence-corrected chi connectivity index (χ3v) is 3.81. The average Bonchev–Trinajstić information content (AvgIpc) is 2.77. The monoisotopic (exact) mass is 296 g/mol. The molecule has 0 saturated carbocycles. The first-order valence-electron chi connectivity index (χ1n) is 5.45. The van der Waals surface area contributed by atoms with Gasteiger partial charge >= 0.3 is 0 Å². The van der Waals surface area contributed by atoms with Crippen molar-refractivity contribution in [2.75, 3.05) is 6.26 Å². The highest BCUT2D eigenvalue weighted by Crippen LogP contribution is 2.16. The Bertz CT molecular complexity index is 678. The fourth-order valence-corrected chi connectivity index (χ4v) is 2.84. The van der Waals surface area contributed by atoms with Crippen LogP contribution in [0.4, 0.5) is 0 Å². The minimum absolute atomic E-state index is 0.288. The molecule has 100 valence electrons. The lowest BCUT2D eigenvalue weighted by atomic mass is 10.2. The summed E-state index contributed by atoms with van der Waals surface area (Å²) < 4.78 is 23.8. The Kier molecular flexibility index (Phi) is 3.96. The number of hydrogen-bond donors (Lipinski definition) is 1. The van der Waals surface area contributed by atoms with Crippen LogP contribution in [0.25, 0.3) is 0 Å². The van der Waals surface area contributed by atoms with Gasteiger partial charge in [-0.1, -0.05) is 30.3 Å². The minimum Gasteiger partial charge on any atom is -0.267 e. The van der Waals surface area contributed by atoms with Crippen molar-refractivity contribution in [2.24, 2.45) is 0 Å². The Morgan fingerprint density at radius 2 is 2.00 bits per heavy atom. The van der Waals surface area contributed by atoms with Crippen LogP contribution in [0.5, 0.6) is 0 Å². The molecule has 0 atom stereocenters. The summed E-state index contributed by atoms with van der Waals surface area (Å²) in [5.41, 5.74) is 1.09. The van der Waals surface area contributed by atoms with Gasteiger partial charge in [0, 0.05) is 6.42 Å². The second-order valence-electron chi connectivity index (χ2n) is 3.98. The number of amides is 1. The Morgan fingerprint density at radius 3 is 2.63 bits per heavy atom. The number of hydrogen-bond acceptors (Lipinski definition) is 5. The number of carbonyl (C=O) groups is 1. The molecule has 0 aliphatic carbocycles. The molecule has 1 N–H and O–H groups in total. The maximum absolute atomic E-state index is 11.6. The molecule has 5 nitrogen and oxygen atoms in total. The first-order valence-corrected chi connectivity index (χ1v) is 8.15. The van der Waals surface area contributed by atoms with E-state index in [1.54, 1.807) is 0 Å². The molecule has 1 heterocycles. The first kappa shape index (κ1) is 13.7. The van der Waals surface area contributed by atoms with E-state index in [0.29, 0.717) is 6.42 Å². The summed E-state index contributed by atoms with van der Waals surface area (Å²) in [6, 6.07) is 9.73. The number of aromatic nitrogens is 1. The average molecular weight is 296 g/mol. The summed E-state index contributed by atoms with van der Waals surface area (Å²) in [6.07, 6.45) is 2.96. The van der Waals surface area contributed by atoms with Gasteiger partial charge in [-0.15, -0.1) is 11.3 Å². The molecule has 0 radical (unpaired) electrons. The molecule has 0 fully saturated rings. The molecule has 19 heavy (non-hydrogen) atoms. The predicted octanol–water partition coefficient (Wildman–Crippen LogP) is 1.42. The predicted molar refractivity (Wildman–Crippen MR) is 73.7 cm³/mol. The maximum Gasteiger partial charge on any atom is 0.276 e. The van der Waals surface area contributed by atoms with Gasteiger partial charge in [0.25, 0.3) is 5.91 Å². The van der Waals surface area contributed by atoms with Crippen molar-refractivity contribution in [1.29, 1.82) is 0 Å². The highest BCUT2D eigenvalue weighted by atomic mass is 32.2. The van der Waals surface area contributed by atoms with Gasteiger partial charge in [-0.25, -0.2) is 18.1 Å². The van der Waals surface area contributed by atoms with E-state index in [9.17, 15) is 13.2 Å². The zero-order chi connectivity index (χ0) is 13.9. The standard InChI is InChI=1S/C12H12N2O3S2/c1-19(16,17)14-12(15)10-8-13-11(18-10)7-9-5-3-2-4-6-9/h2-6,8H,7H2,1H3,(H,14,15). The van der Waals surface area contributed by atoms with Crippen molar-refractivity contribution >= 4 is 27.3 Å². The second kappa shape index (κ2) is 5.50. The zero-order valence-corrected chi connectivity index (χ0v) is 11.8. The lowest BCUT2D eigenvalue weighted by Crippen LogP contribution is -2.28. The van der Waals surface area contributed by atoms with Crippen LogP contribution < -0.4 is 4.72 Å². The van der Waals surface area contributed by atoms with Crippen molar-refractivity contribution in [3.05, 3.63) is 52.0 Å². The summed E-state index contributed by atoms with van der Waals surface area (Å²) in [6.45, 7) is 0. The number of thiazole rings is 1. The smallest absolute Gasteiger partial charge is 0.267 e. The summed E-state index contributed by atoms with van der Waals surface area (Å²) in [5.74, 6) is -0.640. The molecule has 1 amide bonds. The van der Waals surface area contributed by atoms with Crippen molar-refractivity contribution in [3.63, 3.8) is 0 Å². The third kappa shape index (κ3) is 4.15. The van der Waals surface area contributed by atoms with Gasteiger partial charge in [0.1, 0.15) is 4.88 Å². The van der Waals surface area contributed by atoms with E-state index in [0.717, 1.165) is 16.8 Å². The third-order valence-electron chi connectivity index (χ3n) is 2.25. The van der Waals surface area contributed by atoms with Gasteiger partial charge in [0.05, 0.1) is 17.5 Å². The topological polar surface area (TPSA) is 76.1 Å². The van der Waals surface area contributed by atoms with Gasteiger partial charge < -0.3 is 0 Å².